The van der Waals surface area contributed by atoms with E-state index < -0.39 is 17.8 Å². The van der Waals surface area contributed by atoms with Crippen molar-refractivity contribution in [1.29, 1.82) is 0 Å². The van der Waals surface area contributed by atoms with E-state index in [0.717, 1.165) is 5.56 Å². The van der Waals surface area contributed by atoms with Crippen LogP contribution in [0.15, 0.2) is 58.7 Å². The van der Waals surface area contributed by atoms with Gasteiger partial charge < -0.3 is 14.6 Å². The van der Waals surface area contributed by atoms with E-state index >= 15 is 0 Å². The molecule has 0 aromatic heterocycles. The van der Waals surface area contributed by atoms with Crippen LogP contribution in [0.4, 0.5) is 0 Å². The van der Waals surface area contributed by atoms with Gasteiger partial charge in [-0.05, 0) is 42.5 Å². The number of aromatic hydroxyl groups is 1. The second-order valence-corrected chi connectivity index (χ2v) is 8.49. The van der Waals surface area contributed by atoms with Gasteiger partial charge in [0.1, 0.15) is 5.92 Å². The zero-order valence-electron chi connectivity index (χ0n) is 18.1. The van der Waals surface area contributed by atoms with Gasteiger partial charge in [0.2, 0.25) is 0 Å². The molecule has 1 aliphatic heterocycles. The summed E-state index contributed by atoms with van der Waals surface area (Å²) in [6.07, 6.45) is 0.917. The normalized spacial score (nSPS) is 22.8. The van der Waals surface area contributed by atoms with Gasteiger partial charge in [0, 0.05) is 29.3 Å². The Morgan fingerprint density at radius 1 is 1.12 bits per heavy atom. The average Bonchev–Trinajstić information content (AvgIpc) is 2.79. The van der Waals surface area contributed by atoms with Crippen LogP contribution >= 0.6 is 11.6 Å². The SMILES string of the molecule is COC(=O)C1C(C)=NC2=C(C(=O)C[C@@H](c3ccccc3)C2)[C@H]1c1cc(Cl)c(O)c(OC)c1. The molecule has 166 valence electrons. The summed E-state index contributed by atoms with van der Waals surface area (Å²) in [4.78, 5) is 31.0. The summed E-state index contributed by atoms with van der Waals surface area (Å²) >= 11 is 6.25. The molecular formula is C25H24ClNO5. The zero-order chi connectivity index (χ0) is 23.0. The number of Topliss-reactive ketones (excluding diaryl/α,β-unsaturated/α-hetero) is 1. The van der Waals surface area contributed by atoms with Gasteiger partial charge in [-0.15, -0.1) is 0 Å². The predicted octanol–water partition coefficient (Wildman–Crippen LogP) is 4.80. The number of phenols is 1. The number of ether oxygens (including phenoxy) is 2. The number of phenolic OH excluding ortho intramolecular Hbond substituents is 1. The van der Waals surface area contributed by atoms with Gasteiger partial charge in [-0.3, -0.25) is 14.6 Å². The monoisotopic (exact) mass is 453 g/mol. The molecule has 1 N–H and O–H groups in total. The standard InChI is InChI=1S/C25H24ClNO5/c1-13-21(25(30)32-3)22(16-9-17(26)24(29)20(12-16)31-2)23-18(27-13)10-15(11-19(23)28)14-7-5-4-6-8-14/h4-9,12,15,21-22,29H,10-11H2,1-3H3/t15-,21?,22-/m0/s1. The molecule has 0 saturated heterocycles. The first-order chi connectivity index (χ1) is 15.3. The van der Waals surface area contributed by atoms with Crippen LogP contribution in [0, 0.1) is 5.92 Å². The lowest BCUT2D eigenvalue weighted by molar-refractivity contribution is -0.143. The van der Waals surface area contributed by atoms with E-state index in [2.05, 4.69) is 0 Å². The van der Waals surface area contributed by atoms with Crippen LogP contribution in [0.5, 0.6) is 11.5 Å². The molecule has 0 spiro atoms. The Hall–Kier alpha value is -3.12. The molecule has 1 heterocycles. The van der Waals surface area contributed by atoms with Gasteiger partial charge in [0.15, 0.2) is 17.3 Å². The van der Waals surface area contributed by atoms with Crippen LogP contribution in [0.3, 0.4) is 0 Å². The topological polar surface area (TPSA) is 85.2 Å². The molecule has 2 aliphatic rings. The molecule has 1 unspecified atom stereocenters. The number of nitrogens with zero attached hydrogens (tertiary/aromatic N) is 1. The largest absolute Gasteiger partial charge is 0.503 e. The number of hydrogen-bond donors (Lipinski definition) is 1. The number of aliphatic imine (C=N–C) groups is 1. The van der Waals surface area contributed by atoms with Gasteiger partial charge in [-0.2, -0.15) is 0 Å². The molecule has 1 aliphatic carbocycles. The van der Waals surface area contributed by atoms with Gasteiger partial charge in [0.25, 0.3) is 0 Å². The number of esters is 1. The first-order valence-electron chi connectivity index (χ1n) is 10.4. The predicted molar refractivity (Wildman–Crippen MR) is 121 cm³/mol. The lowest BCUT2D eigenvalue weighted by Gasteiger charge is -2.36. The summed E-state index contributed by atoms with van der Waals surface area (Å²) < 4.78 is 10.3. The Labute approximate surface area is 191 Å². The van der Waals surface area contributed by atoms with Gasteiger partial charge in [0.05, 0.1) is 19.2 Å². The number of hydrogen-bond acceptors (Lipinski definition) is 6. The van der Waals surface area contributed by atoms with Crippen LogP contribution < -0.4 is 4.74 Å². The van der Waals surface area contributed by atoms with Gasteiger partial charge in [-0.1, -0.05) is 41.9 Å². The highest BCUT2D eigenvalue weighted by atomic mass is 35.5. The van der Waals surface area contributed by atoms with Crippen LogP contribution in [-0.4, -0.2) is 36.8 Å². The van der Waals surface area contributed by atoms with Crippen molar-refractivity contribution in [1.82, 2.24) is 0 Å². The van der Waals surface area contributed by atoms with Crippen LogP contribution in [0.1, 0.15) is 42.7 Å². The maximum Gasteiger partial charge on any atom is 0.315 e. The van der Waals surface area contributed by atoms with Crippen LogP contribution in [-0.2, 0) is 14.3 Å². The Morgan fingerprint density at radius 3 is 2.50 bits per heavy atom. The molecule has 0 bridgehead atoms. The third kappa shape index (κ3) is 3.79. The second-order valence-electron chi connectivity index (χ2n) is 8.08. The summed E-state index contributed by atoms with van der Waals surface area (Å²) in [5, 5.41) is 10.3. The van der Waals surface area contributed by atoms with Crippen molar-refractivity contribution in [3.63, 3.8) is 0 Å². The van der Waals surface area contributed by atoms with E-state index in [0.29, 0.717) is 35.4 Å². The number of rotatable bonds is 4. The third-order valence-electron chi connectivity index (χ3n) is 6.24. The van der Waals surface area contributed by atoms with Crippen molar-refractivity contribution in [2.75, 3.05) is 14.2 Å². The number of methoxy groups -OCH3 is 2. The summed E-state index contributed by atoms with van der Waals surface area (Å²) in [5.41, 5.74) is 3.43. The smallest absolute Gasteiger partial charge is 0.315 e. The van der Waals surface area contributed by atoms with Crippen molar-refractivity contribution < 1.29 is 24.2 Å². The first-order valence-corrected chi connectivity index (χ1v) is 10.7. The molecule has 0 radical (unpaired) electrons. The Balaban J connectivity index is 1.87. The maximum atomic E-state index is 13.5. The Kier molecular flexibility index (Phi) is 6.07. The quantitative estimate of drug-likeness (QED) is 0.672. The number of benzene rings is 2. The van der Waals surface area contributed by atoms with E-state index in [1.54, 1.807) is 19.1 Å². The summed E-state index contributed by atoms with van der Waals surface area (Å²) in [7, 11) is 2.73. The fraction of sp³-hybridized carbons (Fsp3) is 0.320. The van der Waals surface area contributed by atoms with E-state index in [-0.39, 0.29) is 28.2 Å². The van der Waals surface area contributed by atoms with E-state index in [1.807, 2.05) is 30.3 Å². The molecule has 7 heteroatoms. The molecule has 6 nitrogen and oxygen atoms in total. The molecule has 3 atom stereocenters. The second kappa shape index (κ2) is 8.79. The molecule has 4 rings (SSSR count). The number of carbonyl (C=O) groups is 2. The van der Waals surface area contributed by atoms with Crippen molar-refractivity contribution in [3.05, 3.63) is 69.9 Å². The molecule has 0 fully saturated rings. The van der Waals surface area contributed by atoms with E-state index in [9.17, 15) is 14.7 Å². The summed E-state index contributed by atoms with van der Waals surface area (Å²) in [6.45, 7) is 1.77. The lowest BCUT2D eigenvalue weighted by Crippen LogP contribution is -2.37. The minimum atomic E-state index is -0.777. The average molecular weight is 454 g/mol. The molecular weight excluding hydrogens is 430 g/mol. The molecule has 0 saturated carbocycles. The fourth-order valence-corrected chi connectivity index (χ4v) is 4.96. The number of halogens is 1. The molecule has 2 aromatic rings. The minimum absolute atomic E-state index is 0.0206. The van der Waals surface area contributed by atoms with E-state index in [4.69, 9.17) is 26.1 Å². The first kappa shape index (κ1) is 22.1. The third-order valence-corrected chi connectivity index (χ3v) is 6.53. The van der Waals surface area contributed by atoms with Crippen LogP contribution in [0.25, 0.3) is 0 Å². The highest BCUT2D eigenvalue weighted by molar-refractivity contribution is 6.32. The zero-order valence-corrected chi connectivity index (χ0v) is 18.8. The fourth-order valence-electron chi connectivity index (χ4n) is 4.74. The van der Waals surface area contributed by atoms with Crippen molar-refractivity contribution in [2.45, 2.75) is 31.6 Å². The van der Waals surface area contributed by atoms with Gasteiger partial charge in [-0.25, -0.2) is 0 Å². The van der Waals surface area contributed by atoms with Gasteiger partial charge >= 0.3 is 5.97 Å². The lowest BCUT2D eigenvalue weighted by atomic mass is 9.69. The van der Waals surface area contributed by atoms with Crippen molar-refractivity contribution in [2.24, 2.45) is 10.9 Å². The highest BCUT2D eigenvalue weighted by Crippen LogP contribution is 2.49. The van der Waals surface area contributed by atoms with Crippen molar-refractivity contribution in [3.8, 4) is 11.5 Å². The summed E-state index contributed by atoms with van der Waals surface area (Å²) in [6, 6.07) is 13.1. The highest BCUT2D eigenvalue weighted by Gasteiger charge is 2.45. The Morgan fingerprint density at radius 2 is 1.84 bits per heavy atom. The minimum Gasteiger partial charge on any atom is -0.503 e. The maximum absolute atomic E-state index is 13.5. The molecule has 0 amide bonds. The Bertz CT molecular complexity index is 1140. The molecule has 2 aromatic carbocycles. The van der Waals surface area contributed by atoms with Crippen molar-refractivity contribution >= 4 is 29.1 Å². The summed E-state index contributed by atoms with van der Waals surface area (Å²) in [5.74, 6) is -1.95. The van der Waals surface area contributed by atoms with E-state index in [1.165, 1.54) is 14.2 Å². The number of allylic oxidation sites excluding steroid dienone is 2. The van der Waals surface area contributed by atoms with Crippen LogP contribution in [0.2, 0.25) is 5.02 Å². The molecule has 32 heavy (non-hydrogen) atoms. The number of carbonyl (C=O) groups excluding carboxylic acids is 2. The number of ketones is 1.